The Morgan fingerprint density at radius 2 is 2.12 bits per heavy atom. The minimum atomic E-state index is -0.496. The van der Waals surface area contributed by atoms with Crippen LogP contribution in [0.5, 0.6) is 0 Å². The molecule has 0 unspecified atom stereocenters. The number of carbonyl (C=O) groups excluding carboxylic acids is 1. The van der Waals surface area contributed by atoms with Crippen LogP contribution in [0.25, 0.3) is 0 Å². The predicted molar refractivity (Wildman–Crippen MR) is 90.9 cm³/mol. The Bertz CT molecular complexity index is 757. The third kappa shape index (κ3) is 4.01. The number of hydrogen-bond donors (Lipinski definition) is 1. The first-order chi connectivity index (χ1) is 11.6. The van der Waals surface area contributed by atoms with E-state index in [0.717, 1.165) is 23.6 Å². The third-order valence-electron chi connectivity index (χ3n) is 3.43. The van der Waals surface area contributed by atoms with Gasteiger partial charge in [0.25, 0.3) is 5.91 Å². The maximum Gasteiger partial charge on any atom is 0.271 e. The average Bonchev–Trinajstić information content (AvgIpc) is 2.96. The molecule has 8 heteroatoms. The molecule has 1 N–H and O–H groups in total. The minimum absolute atomic E-state index is 0.196. The summed E-state index contributed by atoms with van der Waals surface area (Å²) in [6, 6.07) is 7.15. The fraction of sp³-hybridized carbons (Fsp3) is 0.250. The lowest BCUT2D eigenvalue weighted by Gasteiger charge is -2.26. The number of hydrazone groups is 1. The van der Waals surface area contributed by atoms with E-state index in [-0.39, 0.29) is 5.56 Å². The van der Waals surface area contributed by atoms with Gasteiger partial charge in [0.05, 0.1) is 23.9 Å². The van der Waals surface area contributed by atoms with Gasteiger partial charge in [0.2, 0.25) is 5.88 Å². The summed E-state index contributed by atoms with van der Waals surface area (Å²) in [4.78, 5) is 13.9. The molecule has 0 atom stereocenters. The van der Waals surface area contributed by atoms with Gasteiger partial charge in [0.1, 0.15) is 5.82 Å². The Morgan fingerprint density at radius 3 is 2.88 bits per heavy atom. The smallest absolute Gasteiger partial charge is 0.271 e. The number of anilines is 1. The van der Waals surface area contributed by atoms with Crippen molar-refractivity contribution < 1.29 is 18.3 Å². The Balaban J connectivity index is 1.63. The SMILES string of the molecule is O=C(N/N=C\c1cc(Br)c(N2CCOCC2)o1)c1cccc(F)c1. The van der Waals surface area contributed by atoms with Gasteiger partial charge in [0, 0.05) is 24.7 Å². The number of halogens is 2. The molecule has 0 radical (unpaired) electrons. The van der Waals surface area contributed by atoms with Gasteiger partial charge in [-0.2, -0.15) is 5.10 Å². The maximum absolute atomic E-state index is 13.1. The molecule has 1 fully saturated rings. The lowest BCUT2D eigenvalue weighted by Crippen LogP contribution is -2.36. The number of morpholine rings is 1. The minimum Gasteiger partial charge on any atom is -0.438 e. The van der Waals surface area contributed by atoms with Gasteiger partial charge in [-0.3, -0.25) is 4.79 Å². The van der Waals surface area contributed by atoms with Crippen LogP contribution in [0.3, 0.4) is 0 Å². The molecular formula is C16H15BrFN3O3. The zero-order chi connectivity index (χ0) is 16.9. The predicted octanol–water partition coefficient (Wildman–Crippen LogP) is 2.78. The molecule has 2 heterocycles. The third-order valence-corrected chi connectivity index (χ3v) is 4.00. The molecular weight excluding hydrogens is 381 g/mol. The van der Waals surface area contributed by atoms with Crippen LogP contribution < -0.4 is 10.3 Å². The molecule has 6 nitrogen and oxygen atoms in total. The van der Waals surface area contributed by atoms with Gasteiger partial charge in [-0.05, 0) is 34.1 Å². The summed E-state index contributed by atoms with van der Waals surface area (Å²) in [5.74, 6) is 0.223. The van der Waals surface area contributed by atoms with E-state index in [0.29, 0.717) is 24.9 Å². The fourth-order valence-electron chi connectivity index (χ4n) is 2.27. The molecule has 24 heavy (non-hydrogen) atoms. The van der Waals surface area contributed by atoms with Gasteiger partial charge in [0.15, 0.2) is 5.76 Å². The van der Waals surface area contributed by atoms with Gasteiger partial charge < -0.3 is 14.1 Å². The Kier molecular flexibility index (Phi) is 5.27. The maximum atomic E-state index is 13.1. The Morgan fingerprint density at radius 1 is 1.33 bits per heavy atom. The number of nitrogens with zero attached hydrogens (tertiary/aromatic N) is 2. The molecule has 0 spiro atoms. The number of rotatable bonds is 4. The summed E-state index contributed by atoms with van der Waals surface area (Å²) in [6.07, 6.45) is 1.39. The summed E-state index contributed by atoms with van der Waals surface area (Å²) in [7, 11) is 0. The lowest BCUT2D eigenvalue weighted by molar-refractivity contribution is 0.0954. The lowest BCUT2D eigenvalue weighted by atomic mass is 10.2. The normalized spacial score (nSPS) is 15.0. The number of hydrogen-bond acceptors (Lipinski definition) is 5. The van der Waals surface area contributed by atoms with Crippen molar-refractivity contribution in [2.75, 3.05) is 31.2 Å². The molecule has 0 bridgehead atoms. The topological polar surface area (TPSA) is 67.1 Å². The molecule has 126 valence electrons. The highest BCUT2D eigenvalue weighted by Crippen LogP contribution is 2.30. The number of amides is 1. The summed E-state index contributed by atoms with van der Waals surface area (Å²) in [5, 5.41) is 3.84. The van der Waals surface area contributed by atoms with Gasteiger partial charge in [-0.25, -0.2) is 9.82 Å². The molecule has 1 saturated heterocycles. The van der Waals surface area contributed by atoms with E-state index < -0.39 is 11.7 Å². The summed E-state index contributed by atoms with van der Waals surface area (Å²) >= 11 is 3.45. The van der Waals surface area contributed by atoms with Gasteiger partial charge in [-0.15, -0.1) is 0 Å². The summed E-state index contributed by atoms with van der Waals surface area (Å²) < 4.78 is 24.9. The zero-order valence-electron chi connectivity index (χ0n) is 12.7. The van der Waals surface area contributed by atoms with E-state index >= 15 is 0 Å². The highest BCUT2D eigenvalue weighted by Gasteiger charge is 2.18. The van der Waals surface area contributed by atoms with Crippen LogP contribution in [0.1, 0.15) is 16.1 Å². The van der Waals surface area contributed by atoms with Crippen LogP contribution in [0.4, 0.5) is 10.3 Å². The molecule has 1 amide bonds. The molecule has 0 aliphatic carbocycles. The first-order valence-electron chi connectivity index (χ1n) is 7.34. The molecule has 1 aromatic carbocycles. The highest BCUT2D eigenvalue weighted by atomic mass is 79.9. The van der Waals surface area contributed by atoms with Crippen molar-refractivity contribution >= 4 is 33.9 Å². The molecule has 1 aliphatic heterocycles. The van der Waals surface area contributed by atoms with Crippen molar-refractivity contribution in [3.8, 4) is 0 Å². The summed E-state index contributed by atoms with van der Waals surface area (Å²) in [6.45, 7) is 2.80. The van der Waals surface area contributed by atoms with Crippen molar-refractivity contribution in [3.63, 3.8) is 0 Å². The van der Waals surface area contributed by atoms with Crippen molar-refractivity contribution in [2.45, 2.75) is 0 Å². The van der Waals surface area contributed by atoms with Crippen molar-refractivity contribution in [1.29, 1.82) is 0 Å². The molecule has 3 rings (SSSR count). The van der Waals surface area contributed by atoms with Crippen LogP contribution in [-0.2, 0) is 4.74 Å². The second-order valence-corrected chi connectivity index (χ2v) is 5.97. The average molecular weight is 396 g/mol. The number of furan rings is 1. The van der Waals surface area contributed by atoms with E-state index in [4.69, 9.17) is 9.15 Å². The van der Waals surface area contributed by atoms with E-state index in [2.05, 4.69) is 31.4 Å². The standard InChI is InChI=1S/C16H15BrFN3O3/c17-14-9-13(24-16(14)21-4-6-23-7-5-21)10-19-20-15(22)11-2-1-3-12(18)8-11/h1-3,8-10H,4-7H2,(H,20,22)/b19-10-. The van der Waals surface area contributed by atoms with Crippen LogP contribution in [0, 0.1) is 5.82 Å². The largest absolute Gasteiger partial charge is 0.438 e. The second-order valence-electron chi connectivity index (χ2n) is 5.11. The van der Waals surface area contributed by atoms with E-state index in [1.165, 1.54) is 24.4 Å². The Labute approximate surface area is 146 Å². The zero-order valence-corrected chi connectivity index (χ0v) is 14.3. The van der Waals surface area contributed by atoms with E-state index in [9.17, 15) is 9.18 Å². The van der Waals surface area contributed by atoms with Crippen molar-refractivity contribution in [1.82, 2.24) is 5.43 Å². The van der Waals surface area contributed by atoms with Crippen LogP contribution >= 0.6 is 15.9 Å². The number of nitrogens with one attached hydrogen (secondary N) is 1. The quantitative estimate of drug-likeness (QED) is 0.638. The molecule has 0 saturated carbocycles. The molecule has 1 aromatic heterocycles. The molecule has 2 aromatic rings. The number of carbonyl (C=O) groups is 1. The molecule has 1 aliphatic rings. The first-order valence-corrected chi connectivity index (χ1v) is 8.14. The fourth-order valence-corrected chi connectivity index (χ4v) is 2.83. The van der Waals surface area contributed by atoms with Crippen LogP contribution in [0.15, 0.2) is 44.3 Å². The Hall–Kier alpha value is -2.19. The number of benzene rings is 1. The first kappa shape index (κ1) is 16.7. The second kappa shape index (κ2) is 7.59. The number of ether oxygens (including phenoxy) is 1. The van der Waals surface area contributed by atoms with Gasteiger partial charge in [-0.1, -0.05) is 6.07 Å². The van der Waals surface area contributed by atoms with E-state index in [1.807, 2.05) is 0 Å². The summed E-state index contributed by atoms with van der Waals surface area (Å²) in [5.41, 5.74) is 2.53. The van der Waals surface area contributed by atoms with Crippen LogP contribution in [-0.4, -0.2) is 38.4 Å². The van der Waals surface area contributed by atoms with E-state index in [1.54, 1.807) is 6.07 Å². The van der Waals surface area contributed by atoms with Crippen molar-refractivity contribution in [3.05, 3.63) is 51.9 Å². The van der Waals surface area contributed by atoms with Crippen molar-refractivity contribution in [2.24, 2.45) is 5.10 Å². The van der Waals surface area contributed by atoms with Gasteiger partial charge >= 0.3 is 0 Å². The van der Waals surface area contributed by atoms with Crippen LogP contribution in [0.2, 0.25) is 0 Å². The highest BCUT2D eigenvalue weighted by molar-refractivity contribution is 9.10. The monoisotopic (exact) mass is 395 g/mol.